The molecule has 0 bridgehead atoms. The van der Waals surface area contributed by atoms with E-state index in [1.54, 1.807) is 6.92 Å². The van der Waals surface area contributed by atoms with Crippen molar-refractivity contribution in [2.75, 3.05) is 17.6 Å². The topological polar surface area (TPSA) is 105 Å². The van der Waals surface area contributed by atoms with Crippen LogP contribution in [0.1, 0.15) is 28.0 Å². The van der Waals surface area contributed by atoms with E-state index in [0.717, 1.165) is 10.6 Å². The molecule has 1 aliphatic rings. The van der Waals surface area contributed by atoms with Crippen molar-refractivity contribution in [3.8, 4) is 0 Å². The molecule has 0 spiro atoms. The van der Waals surface area contributed by atoms with Gasteiger partial charge in [-0.05, 0) is 6.92 Å². The summed E-state index contributed by atoms with van der Waals surface area (Å²) in [5.41, 5.74) is 0.834. The number of carbonyl (C=O) groups excluding carboxylic acids is 1. The average Bonchev–Trinajstić information content (AvgIpc) is 3.15. The summed E-state index contributed by atoms with van der Waals surface area (Å²) in [6.45, 7) is 2.35. The van der Waals surface area contributed by atoms with Crippen molar-refractivity contribution in [2.24, 2.45) is 0 Å². The predicted molar refractivity (Wildman–Crippen MR) is 80.1 cm³/mol. The van der Waals surface area contributed by atoms with Crippen molar-refractivity contribution in [1.29, 1.82) is 0 Å². The second-order valence-corrected chi connectivity index (χ2v) is 8.05. The van der Waals surface area contributed by atoms with Gasteiger partial charge >= 0.3 is 0 Å². The zero-order valence-electron chi connectivity index (χ0n) is 11.8. The normalized spacial score (nSPS) is 15.5. The van der Waals surface area contributed by atoms with Gasteiger partial charge in [-0.3, -0.25) is 10.1 Å². The Morgan fingerprint density at radius 3 is 3.05 bits per heavy atom. The number of aromatic nitrogens is 2. The van der Waals surface area contributed by atoms with Gasteiger partial charge in [0.1, 0.15) is 0 Å². The Morgan fingerprint density at radius 1 is 1.55 bits per heavy atom. The van der Waals surface area contributed by atoms with E-state index in [2.05, 4.69) is 15.5 Å². The maximum absolute atomic E-state index is 11.9. The molecule has 0 fully saturated rings. The van der Waals surface area contributed by atoms with E-state index < -0.39 is 15.9 Å². The summed E-state index contributed by atoms with van der Waals surface area (Å²) in [5.74, 6) is -0.249. The Balaban J connectivity index is 1.75. The molecule has 1 N–H and O–H groups in total. The Bertz CT molecular complexity index is 782. The largest absolute Gasteiger partial charge is 0.351 e. The first-order chi connectivity index (χ1) is 10.5. The van der Waals surface area contributed by atoms with E-state index in [0.29, 0.717) is 24.6 Å². The number of rotatable bonds is 4. The smallest absolute Gasteiger partial charge is 0.296 e. The molecule has 2 aromatic rings. The van der Waals surface area contributed by atoms with Crippen LogP contribution in [0.3, 0.4) is 0 Å². The van der Waals surface area contributed by atoms with E-state index in [-0.39, 0.29) is 11.5 Å². The van der Waals surface area contributed by atoms with E-state index in [1.165, 1.54) is 27.9 Å². The highest BCUT2D eigenvalue weighted by atomic mass is 32.2. The van der Waals surface area contributed by atoms with Crippen molar-refractivity contribution in [3.05, 3.63) is 28.6 Å². The minimum absolute atomic E-state index is 0.0796. The highest BCUT2D eigenvalue weighted by molar-refractivity contribution is 7.89. The fourth-order valence-electron chi connectivity index (χ4n) is 2.14. The third-order valence-corrected chi connectivity index (χ3v) is 6.16. The van der Waals surface area contributed by atoms with Gasteiger partial charge in [0, 0.05) is 30.5 Å². The number of hydrogen-bond acceptors (Lipinski definition) is 7. The zero-order valence-corrected chi connectivity index (χ0v) is 13.4. The molecule has 3 heterocycles. The summed E-state index contributed by atoms with van der Waals surface area (Å²) >= 11 is 1.28. The second kappa shape index (κ2) is 5.78. The third kappa shape index (κ3) is 2.89. The molecule has 1 aliphatic heterocycles. The van der Waals surface area contributed by atoms with E-state index in [9.17, 15) is 13.2 Å². The summed E-state index contributed by atoms with van der Waals surface area (Å²) in [7, 11) is -3.21. The monoisotopic (exact) mass is 342 g/mol. The molecule has 8 nitrogen and oxygen atoms in total. The number of hydrogen-bond donors (Lipinski definition) is 1. The second-order valence-electron chi connectivity index (χ2n) is 4.70. The summed E-state index contributed by atoms with van der Waals surface area (Å²) in [6, 6.07) is 1.46. The minimum Gasteiger partial charge on any atom is -0.351 e. The Hall–Kier alpha value is -1.78. The first-order valence-corrected chi connectivity index (χ1v) is 9.10. The van der Waals surface area contributed by atoms with Gasteiger partial charge in [0.2, 0.25) is 15.8 Å². The van der Waals surface area contributed by atoms with Crippen molar-refractivity contribution in [1.82, 2.24) is 14.4 Å². The van der Waals surface area contributed by atoms with Gasteiger partial charge in [-0.25, -0.2) is 13.4 Å². The number of anilines is 1. The molecule has 118 valence electrons. The highest BCUT2D eigenvalue weighted by Gasteiger charge is 2.28. The molecular weight excluding hydrogens is 328 g/mol. The molecule has 0 aromatic carbocycles. The number of fused-ring (bicyclic) bond motifs is 1. The van der Waals surface area contributed by atoms with Gasteiger partial charge in [-0.1, -0.05) is 5.16 Å². The van der Waals surface area contributed by atoms with Gasteiger partial charge in [-0.2, -0.15) is 4.31 Å². The fourth-order valence-corrected chi connectivity index (χ4v) is 4.30. The minimum atomic E-state index is -3.21. The Morgan fingerprint density at radius 2 is 2.36 bits per heavy atom. The van der Waals surface area contributed by atoms with Crippen LogP contribution >= 0.6 is 11.3 Å². The van der Waals surface area contributed by atoms with Crippen LogP contribution in [-0.4, -0.2) is 41.1 Å². The maximum Gasteiger partial charge on any atom is 0.296 e. The molecule has 3 rings (SSSR count). The number of thiazole rings is 1. The number of sulfonamides is 1. The van der Waals surface area contributed by atoms with Crippen LogP contribution in [0.15, 0.2) is 16.8 Å². The van der Waals surface area contributed by atoms with Gasteiger partial charge in [0.05, 0.1) is 17.6 Å². The van der Waals surface area contributed by atoms with Crippen molar-refractivity contribution in [2.45, 2.75) is 19.9 Å². The Kier molecular flexibility index (Phi) is 3.98. The van der Waals surface area contributed by atoms with Crippen LogP contribution in [0.5, 0.6) is 0 Å². The number of nitrogens with one attached hydrogen (secondary N) is 1. The standard InChI is InChI=1S/C12H14N4O4S2/c1-2-22(18,19)16-6-4-8-10(7-16)21-12(14-8)15-11(17)9-3-5-13-20-9/h3,5H,2,4,6-7H2,1H3,(H,14,15,17). The SMILES string of the molecule is CCS(=O)(=O)N1CCc2nc(NC(=O)c3ccno3)sc2C1. The summed E-state index contributed by atoms with van der Waals surface area (Å²) in [5, 5.41) is 6.54. The lowest BCUT2D eigenvalue weighted by Gasteiger charge is -2.24. The fraction of sp³-hybridized carbons (Fsp3) is 0.417. The van der Waals surface area contributed by atoms with Crippen LogP contribution in [0.2, 0.25) is 0 Å². The van der Waals surface area contributed by atoms with E-state index >= 15 is 0 Å². The summed E-state index contributed by atoms with van der Waals surface area (Å²) in [6.07, 6.45) is 1.93. The first kappa shape index (κ1) is 15.1. The first-order valence-electron chi connectivity index (χ1n) is 6.68. The number of carbonyl (C=O) groups is 1. The van der Waals surface area contributed by atoms with Crippen molar-refractivity contribution < 1.29 is 17.7 Å². The Labute approximate surface area is 131 Å². The quantitative estimate of drug-likeness (QED) is 0.892. The molecule has 22 heavy (non-hydrogen) atoms. The van der Waals surface area contributed by atoms with Crippen LogP contribution in [-0.2, 0) is 23.0 Å². The number of nitrogens with zero attached hydrogens (tertiary/aromatic N) is 3. The number of amides is 1. The van der Waals surface area contributed by atoms with E-state index in [4.69, 9.17) is 4.52 Å². The summed E-state index contributed by atoms with van der Waals surface area (Å²) in [4.78, 5) is 17.1. The van der Waals surface area contributed by atoms with Crippen LogP contribution < -0.4 is 5.32 Å². The highest BCUT2D eigenvalue weighted by Crippen LogP contribution is 2.29. The van der Waals surface area contributed by atoms with Crippen LogP contribution in [0, 0.1) is 0 Å². The molecule has 0 unspecified atom stereocenters. The lowest BCUT2D eigenvalue weighted by Crippen LogP contribution is -2.36. The molecule has 0 radical (unpaired) electrons. The molecular formula is C12H14N4O4S2. The van der Waals surface area contributed by atoms with Crippen LogP contribution in [0.4, 0.5) is 5.13 Å². The van der Waals surface area contributed by atoms with Gasteiger partial charge in [0.25, 0.3) is 5.91 Å². The molecule has 2 aromatic heterocycles. The molecule has 1 amide bonds. The van der Waals surface area contributed by atoms with Gasteiger partial charge in [-0.15, -0.1) is 11.3 Å². The third-order valence-electron chi connectivity index (χ3n) is 3.34. The zero-order chi connectivity index (χ0) is 15.7. The molecule has 0 aliphatic carbocycles. The summed E-state index contributed by atoms with van der Waals surface area (Å²) < 4.78 is 30.1. The van der Waals surface area contributed by atoms with Crippen molar-refractivity contribution >= 4 is 32.4 Å². The molecule has 10 heteroatoms. The lowest BCUT2D eigenvalue weighted by molar-refractivity contribution is 0.0988. The molecule has 0 atom stereocenters. The van der Waals surface area contributed by atoms with Crippen molar-refractivity contribution in [3.63, 3.8) is 0 Å². The van der Waals surface area contributed by atoms with Gasteiger partial charge in [0.15, 0.2) is 5.13 Å². The average molecular weight is 342 g/mol. The van der Waals surface area contributed by atoms with E-state index in [1.807, 2.05) is 0 Å². The maximum atomic E-state index is 11.9. The lowest BCUT2D eigenvalue weighted by atomic mass is 10.2. The predicted octanol–water partition coefficient (Wildman–Crippen LogP) is 1.09. The van der Waals surface area contributed by atoms with Crippen LogP contribution in [0.25, 0.3) is 0 Å². The molecule has 0 saturated heterocycles. The van der Waals surface area contributed by atoms with Gasteiger partial charge < -0.3 is 4.52 Å². The molecule has 0 saturated carbocycles.